The fourth-order valence-electron chi connectivity index (χ4n) is 7.10. The third-order valence-electron chi connectivity index (χ3n) is 9.46. The summed E-state index contributed by atoms with van der Waals surface area (Å²) < 4.78 is 11.7. The average molecular weight is 560 g/mol. The topological polar surface area (TPSA) is 161 Å². The van der Waals surface area contributed by atoms with Gasteiger partial charge in [0.25, 0.3) is 5.60 Å². The molecule has 0 aromatic rings. The van der Waals surface area contributed by atoms with Crippen LogP contribution in [-0.2, 0) is 23.9 Å². The van der Waals surface area contributed by atoms with Gasteiger partial charge in [-0.05, 0) is 57.9 Å². The first-order valence-corrected chi connectivity index (χ1v) is 15.3. The first kappa shape index (κ1) is 30.7. The summed E-state index contributed by atoms with van der Waals surface area (Å²) in [7, 11) is 1.65. The van der Waals surface area contributed by atoms with Crippen molar-refractivity contribution in [3.8, 4) is 0 Å². The number of fused-ring (bicyclic) bond motifs is 2. The van der Waals surface area contributed by atoms with Gasteiger partial charge in [0, 0.05) is 31.3 Å². The van der Waals surface area contributed by atoms with Crippen molar-refractivity contribution in [2.75, 3.05) is 20.2 Å². The minimum absolute atomic E-state index is 0.00924. The highest BCUT2D eigenvalue weighted by Gasteiger charge is 2.86. The third-order valence-corrected chi connectivity index (χ3v) is 9.46. The number of aliphatic imine (C=N–C) groups is 1. The maximum Gasteiger partial charge on any atom is 0.349 e. The first-order valence-electron chi connectivity index (χ1n) is 15.3. The number of Topliss-reactive ketones (excluding diaryl/α,β-unsaturated/α-hetero) is 2. The number of unbranched alkanes of at least 4 members (excludes halogenated alkanes) is 3. The fourth-order valence-corrected chi connectivity index (χ4v) is 7.10. The van der Waals surface area contributed by atoms with E-state index in [1.807, 2.05) is 13.0 Å². The van der Waals surface area contributed by atoms with Crippen molar-refractivity contribution in [1.29, 1.82) is 0 Å². The van der Waals surface area contributed by atoms with Crippen molar-refractivity contribution in [2.24, 2.45) is 34.2 Å². The Labute approximate surface area is 238 Å². The van der Waals surface area contributed by atoms with Crippen molar-refractivity contribution < 1.29 is 23.9 Å². The lowest BCUT2D eigenvalue weighted by Crippen LogP contribution is -2.58. The second-order valence-corrected chi connectivity index (χ2v) is 12.2. The summed E-state index contributed by atoms with van der Waals surface area (Å²) in [5.41, 5.74) is 9.97. The quantitative estimate of drug-likeness (QED) is 0.0535. The highest BCUT2D eigenvalue weighted by atomic mass is 16.7. The van der Waals surface area contributed by atoms with Crippen LogP contribution in [0.4, 0.5) is 0 Å². The van der Waals surface area contributed by atoms with Gasteiger partial charge in [0.15, 0.2) is 23.1 Å². The van der Waals surface area contributed by atoms with Crippen LogP contribution in [0.3, 0.4) is 0 Å². The SMILES string of the molecule is CCCCCCOC(=O)[C@]12O[C@@]1(CC=C(C)C[C@@H](NC(N)=NC)C1CCNC(N)C1)C(=O)C1CCCCC1C2=O. The van der Waals surface area contributed by atoms with Crippen molar-refractivity contribution in [1.82, 2.24) is 10.6 Å². The summed E-state index contributed by atoms with van der Waals surface area (Å²) in [5.74, 6) is -1.23. The molecule has 2 heterocycles. The number of carbonyl (C=O) groups is 3. The molecule has 4 fully saturated rings. The molecule has 10 nitrogen and oxygen atoms in total. The molecule has 0 amide bonds. The van der Waals surface area contributed by atoms with Crippen molar-refractivity contribution in [3.05, 3.63) is 11.6 Å². The number of guanidine groups is 1. The summed E-state index contributed by atoms with van der Waals surface area (Å²) in [5, 5.41) is 6.62. The normalized spacial score (nSPS) is 35.0. The van der Waals surface area contributed by atoms with Crippen LogP contribution in [0.15, 0.2) is 16.6 Å². The standard InChI is InChI=1S/C30H49N5O5/c1-4-5-6-9-16-39-27(38)30-26(37)22-11-8-7-10-21(22)25(36)29(30,40-30)14-12-19(2)17-23(35-28(32)33-3)20-13-15-34-24(31)18-20/h12,20-24,34H,4-11,13-18,31H2,1-3H3,(H3,32,33,35)/t20?,21?,22?,23-,24?,29+,30+/m1/s1. The predicted octanol–water partition coefficient (Wildman–Crippen LogP) is 2.49. The van der Waals surface area contributed by atoms with E-state index >= 15 is 0 Å². The van der Waals surface area contributed by atoms with Crippen LogP contribution >= 0.6 is 0 Å². The Morgan fingerprint density at radius 3 is 2.60 bits per heavy atom. The molecule has 4 rings (SSSR count). The maximum atomic E-state index is 13.9. The molecule has 0 spiro atoms. The lowest BCUT2D eigenvalue weighted by Gasteiger charge is -2.37. The number of nitrogens with one attached hydrogen (secondary N) is 2. The number of hydrogen-bond donors (Lipinski definition) is 4. The zero-order chi connectivity index (χ0) is 28.9. The van der Waals surface area contributed by atoms with Crippen LogP contribution in [0, 0.1) is 17.8 Å². The fraction of sp³-hybridized carbons (Fsp3) is 0.800. The van der Waals surface area contributed by atoms with Gasteiger partial charge < -0.3 is 31.6 Å². The van der Waals surface area contributed by atoms with Crippen LogP contribution in [-0.4, -0.2) is 67.1 Å². The van der Waals surface area contributed by atoms with E-state index in [1.54, 1.807) is 7.05 Å². The number of nitrogens with two attached hydrogens (primary N) is 2. The minimum atomic E-state index is -1.80. The lowest BCUT2D eigenvalue weighted by molar-refractivity contribution is -0.158. The minimum Gasteiger partial charge on any atom is -0.463 e. The van der Waals surface area contributed by atoms with Crippen LogP contribution in [0.1, 0.15) is 90.9 Å². The van der Waals surface area contributed by atoms with Gasteiger partial charge in [0.1, 0.15) is 0 Å². The number of rotatable bonds is 12. The van der Waals surface area contributed by atoms with E-state index in [1.165, 1.54) is 0 Å². The molecule has 4 aliphatic rings. The monoisotopic (exact) mass is 559 g/mol. The van der Waals surface area contributed by atoms with E-state index < -0.39 is 23.1 Å². The number of piperidine rings is 1. The maximum absolute atomic E-state index is 13.9. The number of epoxide rings is 1. The Bertz CT molecular complexity index is 1010. The zero-order valence-corrected chi connectivity index (χ0v) is 24.5. The Hall–Kier alpha value is -2.30. The van der Waals surface area contributed by atoms with Crippen molar-refractivity contribution >= 4 is 23.5 Å². The molecule has 2 aliphatic carbocycles. The highest BCUT2D eigenvalue weighted by Crippen LogP contribution is 2.61. The van der Waals surface area contributed by atoms with Gasteiger partial charge in [-0.1, -0.05) is 50.7 Å². The molecule has 6 N–H and O–H groups in total. The lowest BCUT2D eigenvalue weighted by atomic mass is 9.61. The summed E-state index contributed by atoms with van der Waals surface area (Å²) in [6.07, 6.45) is 11.4. The Balaban J connectivity index is 1.52. The van der Waals surface area contributed by atoms with Crippen molar-refractivity contribution in [3.63, 3.8) is 0 Å². The van der Waals surface area contributed by atoms with Crippen LogP contribution < -0.4 is 22.1 Å². The smallest absolute Gasteiger partial charge is 0.349 e. The van der Waals surface area contributed by atoms with Crippen LogP contribution in [0.2, 0.25) is 0 Å². The Morgan fingerprint density at radius 1 is 1.20 bits per heavy atom. The average Bonchev–Trinajstić information content (AvgIpc) is 3.66. The highest BCUT2D eigenvalue weighted by molar-refractivity contribution is 6.23. The predicted molar refractivity (Wildman–Crippen MR) is 153 cm³/mol. The van der Waals surface area contributed by atoms with E-state index in [9.17, 15) is 14.4 Å². The molecule has 2 aliphatic heterocycles. The second-order valence-electron chi connectivity index (χ2n) is 12.2. The van der Waals surface area contributed by atoms with E-state index in [2.05, 4.69) is 22.5 Å². The van der Waals surface area contributed by atoms with Crippen LogP contribution in [0.5, 0.6) is 0 Å². The number of nitrogens with zero attached hydrogens (tertiary/aromatic N) is 1. The first-order chi connectivity index (χ1) is 19.2. The molecule has 40 heavy (non-hydrogen) atoms. The van der Waals surface area contributed by atoms with Gasteiger partial charge >= 0.3 is 5.97 Å². The van der Waals surface area contributed by atoms with Crippen LogP contribution in [0.25, 0.3) is 0 Å². The molecule has 0 aromatic heterocycles. The van der Waals surface area contributed by atoms with E-state index in [0.717, 1.165) is 63.5 Å². The molecular formula is C30H49N5O5. The van der Waals surface area contributed by atoms with Gasteiger partial charge in [0.2, 0.25) is 0 Å². The molecule has 2 saturated carbocycles. The third kappa shape index (κ3) is 5.99. The molecule has 10 heteroatoms. The molecule has 2 saturated heterocycles. The number of ether oxygens (including phenoxy) is 2. The van der Waals surface area contributed by atoms with Gasteiger partial charge in [0.05, 0.1) is 12.8 Å². The Morgan fingerprint density at radius 2 is 1.93 bits per heavy atom. The summed E-state index contributed by atoms with van der Waals surface area (Å²) >= 11 is 0. The molecule has 0 bridgehead atoms. The van der Waals surface area contributed by atoms with Gasteiger partial charge in [-0.15, -0.1) is 0 Å². The van der Waals surface area contributed by atoms with E-state index in [4.69, 9.17) is 20.9 Å². The largest absolute Gasteiger partial charge is 0.463 e. The molecule has 7 atom stereocenters. The van der Waals surface area contributed by atoms with Gasteiger partial charge in [-0.2, -0.15) is 0 Å². The molecule has 0 radical (unpaired) electrons. The second kappa shape index (κ2) is 13.1. The number of ketones is 2. The zero-order valence-electron chi connectivity index (χ0n) is 24.5. The summed E-state index contributed by atoms with van der Waals surface area (Å²) in [6.45, 7) is 5.18. The number of carbonyl (C=O) groups excluding carboxylic acids is 3. The molecular weight excluding hydrogens is 510 g/mol. The van der Waals surface area contributed by atoms with E-state index in [0.29, 0.717) is 25.2 Å². The summed E-state index contributed by atoms with van der Waals surface area (Å²) in [6, 6.07) is 0.00924. The van der Waals surface area contributed by atoms with Gasteiger partial charge in [-0.25, -0.2) is 4.79 Å². The van der Waals surface area contributed by atoms with E-state index in [-0.39, 0.29) is 48.6 Å². The van der Waals surface area contributed by atoms with Gasteiger partial charge in [-0.3, -0.25) is 14.6 Å². The Kier molecular flexibility index (Phi) is 10.1. The van der Waals surface area contributed by atoms with Crippen molar-refractivity contribution in [2.45, 2.75) is 114 Å². The number of esters is 1. The molecule has 0 aromatic carbocycles. The molecule has 224 valence electrons. The number of hydrogen-bond acceptors (Lipinski definition) is 8. The molecule has 4 unspecified atom stereocenters. The summed E-state index contributed by atoms with van der Waals surface area (Å²) in [4.78, 5) is 45.3.